The average molecular weight is 306 g/mol. The van der Waals surface area contributed by atoms with Gasteiger partial charge in [0.05, 0.1) is 5.56 Å². The number of benzene rings is 1. The second-order valence-corrected chi connectivity index (χ2v) is 4.39. The van der Waals surface area contributed by atoms with Crippen LogP contribution in [-0.2, 0) is 0 Å². The Labute approximate surface area is 148 Å². The van der Waals surface area contributed by atoms with Crippen molar-refractivity contribution in [2.24, 2.45) is 0 Å². The first-order chi connectivity index (χ1) is 9.77. The summed E-state index contributed by atoms with van der Waals surface area (Å²) < 4.78 is 0. The van der Waals surface area contributed by atoms with Gasteiger partial charge in [0.2, 0.25) is 0 Å². The molecule has 6 heteroatoms. The number of nitrogens with zero attached hydrogens (tertiary/aromatic N) is 2. The second-order valence-electron chi connectivity index (χ2n) is 3.74. The van der Waals surface area contributed by atoms with E-state index in [1.54, 1.807) is 42.7 Å². The van der Waals surface area contributed by atoms with E-state index in [1.165, 1.54) is 11.3 Å². The zero-order valence-electron chi connectivity index (χ0n) is 11.4. The molecule has 1 aromatic carbocycles. The number of hydrogen-bond donors (Lipinski definition) is 1. The van der Waals surface area contributed by atoms with Gasteiger partial charge in [0.1, 0.15) is 0 Å². The maximum absolute atomic E-state index is 10.2. The third-order valence-electron chi connectivity index (χ3n) is 2.37. The van der Waals surface area contributed by atoms with Crippen LogP contribution >= 0.6 is 11.3 Å². The minimum absolute atomic E-state index is 0. The molecule has 3 rings (SSSR count). The van der Waals surface area contributed by atoms with E-state index in [0.717, 1.165) is 11.3 Å². The molecule has 0 unspecified atom stereocenters. The van der Waals surface area contributed by atoms with Crippen molar-refractivity contribution >= 4 is 17.3 Å². The third-order valence-corrected chi connectivity index (χ3v) is 2.91. The van der Waals surface area contributed by atoms with Crippen LogP contribution in [0.4, 0.5) is 0 Å². The fourth-order valence-corrected chi connectivity index (χ4v) is 1.92. The zero-order chi connectivity index (χ0) is 14.2. The Morgan fingerprint density at radius 2 is 1.90 bits per heavy atom. The van der Waals surface area contributed by atoms with Crippen LogP contribution in [0.15, 0.2) is 60.2 Å². The molecule has 3 aromatic rings. The monoisotopic (exact) mass is 306 g/mol. The van der Waals surface area contributed by atoms with Crippen LogP contribution < -0.4 is 29.6 Å². The number of aromatic carboxylic acids is 1. The first-order valence-electron chi connectivity index (χ1n) is 5.77. The van der Waals surface area contributed by atoms with Gasteiger partial charge in [0.15, 0.2) is 0 Å². The van der Waals surface area contributed by atoms with E-state index in [1.807, 2.05) is 17.5 Å². The van der Waals surface area contributed by atoms with Gasteiger partial charge in [0.25, 0.3) is 0 Å². The fraction of sp³-hybridized carbons (Fsp3) is 0. The summed E-state index contributed by atoms with van der Waals surface area (Å²) in [6.07, 6.45) is 3.54. The van der Waals surface area contributed by atoms with Crippen LogP contribution in [0.2, 0.25) is 0 Å². The molecule has 0 aliphatic rings. The first-order valence-corrected chi connectivity index (χ1v) is 6.65. The summed E-state index contributed by atoms with van der Waals surface area (Å²) >= 11 is 1.47. The summed E-state index contributed by atoms with van der Waals surface area (Å²) in [5.41, 5.74) is 5.12. The Bertz CT molecular complexity index is 646. The molecule has 21 heavy (non-hydrogen) atoms. The molecule has 0 fully saturated rings. The molecule has 0 aliphatic heterocycles. The Balaban J connectivity index is 0.000000205. The third kappa shape index (κ3) is 5.77. The Kier molecular flexibility index (Phi) is 7.85. The van der Waals surface area contributed by atoms with E-state index in [-0.39, 0.29) is 29.6 Å². The molecule has 0 radical (unpaired) electrons. The quantitative estimate of drug-likeness (QED) is 0.550. The molecular weight excluding hydrogens is 295 g/mol. The van der Waals surface area contributed by atoms with Crippen LogP contribution in [-0.4, -0.2) is 21.0 Å². The normalized spacial score (nSPS) is 8.95. The molecule has 4 nitrogen and oxygen atoms in total. The molecule has 100 valence electrons. The summed E-state index contributed by atoms with van der Waals surface area (Å²) in [6.45, 7) is 0. The fourth-order valence-electron chi connectivity index (χ4n) is 1.41. The van der Waals surface area contributed by atoms with Crippen molar-refractivity contribution in [3.05, 3.63) is 71.3 Å². The van der Waals surface area contributed by atoms with E-state index in [4.69, 9.17) is 5.11 Å². The van der Waals surface area contributed by atoms with Gasteiger partial charge in [-0.05, 0) is 29.3 Å². The van der Waals surface area contributed by atoms with Crippen molar-refractivity contribution in [2.45, 2.75) is 0 Å². The maximum atomic E-state index is 10.2. The summed E-state index contributed by atoms with van der Waals surface area (Å²) in [5, 5.41) is 10.3. The number of carboxylic acids is 1. The van der Waals surface area contributed by atoms with Gasteiger partial charge in [-0.3, -0.25) is 16.3 Å². The minimum atomic E-state index is -0.879. The number of thiazole rings is 1. The smallest absolute Gasteiger partial charge is 0.478 e. The van der Waals surface area contributed by atoms with Gasteiger partial charge in [-0.2, -0.15) is 0 Å². The average Bonchev–Trinajstić information content (AvgIpc) is 3.04. The molecule has 0 aliphatic carbocycles. The van der Waals surface area contributed by atoms with Crippen LogP contribution in [0.5, 0.6) is 0 Å². The largest absolute Gasteiger partial charge is 1.00 e. The summed E-state index contributed by atoms with van der Waals surface area (Å²) in [7, 11) is 0. The zero-order valence-corrected chi connectivity index (χ0v) is 14.2. The van der Waals surface area contributed by atoms with Crippen molar-refractivity contribution in [2.75, 3.05) is 0 Å². The second kappa shape index (κ2) is 9.41. The maximum Gasteiger partial charge on any atom is 1.00 e. The van der Waals surface area contributed by atoms with Gasteiger partial charge in [0, 0.05) is 12.4 Å². The van der Waals surface area contributed by atoms with Gasteiger partial charge >= 0.3 is 35.5 Å². The van der Waals surface area contributed by atoms with Gasteiger partial charge in [-0.15, -0.1) is 5.38 Å². The minimum Gasteiger partial charge on any atom is -0.478 e. The van der Waals surface area contributed by atoms with Crippen molar-refractivity contribution in [1.29, 1.82) is 0 Å². The molecule has 0 atom stereocenters. The summed E-state index contributed by atoms with van der Waals surface area (Å²) in [6, 6.07) is 12.2. The van der Waals surface area contributed by atoms with Crippen molar-refractivity contribution in [1.82, 2.24) is 9.97 Å². The first kappa shape index (κ1) is 17.5. The predicted molar refractivity (Wildman–Crippen MR) is 77.6 cm³/mol. The van der Waals surface area contributed by atoms with Gasteiger partial charge in [-0.25, -0.2) is 4.79 Å². The number of carboxylic acid groups (broad SMARTS) is 1. The van der Waals surface area contributed by atoms with Crippen LogP contribution in [0.3, 0.4) is 0 Å². The van der Waals surface area contributed by atoms with Crippen LogP contribution in [0, 0.1) is 5.51 Å². The molecule has 0 saturated carbocycles. The molecule has 0 saturated heterocycles. The predicted octanol–water partition coefficient (Wildman–Crippen LogP) is 0.394. The van der Waals surface area contributed by atoms with E-state index >= 15 is 0 Å². The number of rotatable bonds is 2. The molecule has 1 N–H and O–H groups in total. The van der Waals surface area contributed by atoms with Gasteiger partial charge < -0.3 is 10.1 Å². The summed E-state index contributed by atoms with van der Waals surface area (Å²) in [5.74, 6) is -0.879. The van der Waals surface area contributed by atoms with Crippen molar-refractivity contribution in [3.63, 3.8) is 0 Å². The number of carbonyl (C=O) groups is 1. The topological polar surface area (TPSA) is 63.1 Å². The molecule has 2 heterocycles. The van der Waals surface area contributed by atoms with E-state index in [0.29, 0.717) is 5.56 Å². The van der Waals surface area contributed by atoms with E-state index < -0.39 is 5.97 Å². The van der Waals surface area contributed by atoms with Crippen molar-refractivity contribution in [3.8, 4) is 11.3 Å². The van der Waals surface area contributed by atoms with E-state index in [2.05, 4.69) is 15.5 Å². The Hall–Kier alpha value is -1.53. The molecule has 2 aromatic heterocycles. The number of pyridine rings is 1. The molecule has 0 amide bonds. The Morgan fingerprint density at radius 3 is 2.38 bits per heavy atom. The number of aromatic nitrogens is 2. The standard InChI is InChI=1S/C8H5N2S.C7H6O2.Na/c1-2-7(4-9-3-1)8-5-11-6-10-8;8-7(9)6-4-2-1-3-5-6;/h1-5H;1-5H,(H,8,9);/q-1;;+1. The molecule has 0 bridgehead atoms. The summed E-state index contributed by atoms with van der Waals surface area (Å²) in [4.78, 5) is 18.2. The SMILES string of the molecule is O=C(O)c1ccccc1.[Na+].[c-]1nc(-c2cccnc2)cs1. The molecular formula is C15H11N2NaO2S. The van der Waals surface area contributed by atoms with Crippen LogP contribution in [0.25, 0.3) is 11.3 Å². The molecule has 0 spiro atoms. The van der Waals surface area contributed by atoms with Crippen molar-refractivity contribution < 1.29 is 39.5 Å². The van der Waals surface area contributed by atoms with E-state index in [9.17, 15) is 4.79 Å². The number of hydrogen-bond acceptors (Lipinski definition) is 4. The van der Waals surface area contributed by atoms with Gasteiger partial charge in [-0.1, -0.05) is 30.0 Å². The van der Waals surface area contributed by atoms with Crippen LogP contribution in [0.1, 0.15) is 10.4 Å². The Morgan fingerprint density at radius 1 is 1.14 bits per heavy atom.